The van der Waals surface area contributed by atoms with Crippen molar-refractivity contribution >= 4 is 11.9 Å². The van der Waals surface area contributed by atoms with Crippen LogP contribution in [0.4, 0.5) is 0 Å². The lowest BCUT2D eigenvalue weighted by atomic mass is 9.77. The van der Waals surface area contributed by atoms with Gasteiger partial charge >= 0.3 is 5.97 Å². The summed E-state index contributed by atoms with van der Waals surface area (Å²) >= 11 is 0. The summed E-state index contributed by atoms with van der Waals surface area (Å²) in [6.07, 6.45) is 3.44. The largest absolute Gasteiger partial charge is 0.481 e. The molecule has 0 spiro atoms. The molecule has 1 unspecified atom stereocenters. The van der Waals surface area contributed by atoms with Gasteiger partial charge in [-0.3, -0.25) is 9.59 Å². The summed E-state index contributed by atoms with van der Waals surface area (Å²) in [4.78, 5) is 26.2. The van der Waals surface area contributed by atoms with Gasteiger partial charge in [0.2, 0.25) is 5.91 Å². The number of hydrogen-bond acceptors (Lipinski definition) is 2. The summed E-state index contributed by atoms with van der Waals surface area (Å²) in [5, 5.41) is 9.60. The highest BCUT2D eigenvalue weighted by Gasteiger charge is 2.56. The molecule has 0 bridgehead atoms. The van der Waals surface area contributed by atoms with E-state index in [4.69, 9.17) is 0 Å². The van der Waals surface area contributed by atoms with Gasteiger partial charge in [-0.05, 0) is 36.3 Å². The fourth-order valence-corrected chi connectivity index (χ4v) is 4.51. The van der Waals surface area contributed by atoms with Gasteiger partial charge in [0.05, 0.1) is 11.3 Å². The van der Waals surface area contributed by atoms with E-state index >= 15 is 0 Å². The SMILES string of the molecule is O=C(C1Cc2ccccc21)N1C[C@@H]2CCC[C@@]2(C(=O)O)C1. The van der Waals surface area contributed by atoms with Gasteiger partial charge < -0.3 is 10.0 Å². The standard InChI is InChI=1S/C17H19NO3/c19-15(14-8-11-4-1-2-6-13(11)14)18-9-12-5-3-7-17(12,10-18)16(20)21/h1-2,4,6,12,14H,3,5,7-10H2,(H,20,21)/t12-,14?,17+/m0/s1. The second-order valence-electron chi connectivity index (χ2n) is 6.72. The number of aliphatic carboxylic acids is 1. The molecule has 1 N–H and O–H groups in total. The van der Waals surface area contributed by atoms with Gasteiger partial charge in [-0.15, -0.1) is 0 Å². The van der Waals surface area contributed by atoms with E-state index < -0.39 is 11.4 Å². The average molecular weight is 285 g/mol. The third kappa shape index (κ3) is 1.68. The predicted molar refractivity (Wildman–Crippen MR) is 76.9 cm³/mol. The lowest BCUT2D eigenvalue weighted by molar-refractivity contribution is -0.149. The molecular formula is C17H19NO3. The zero-order chi connectivity index (χ0) is 14.6. The highest BCUT2D eigenvalue weighted by molar-refractivity contribution is 5.88. The number of fused-ring (bicyclic) bond motifs is 2. The molecule has 0 radical (unpaired) electrons. The number of nitrogens with zero attached hydrogens (tertiary/aromatic N) is 1. The normalized spacial score (nSPS) is 33.2. The van der Waals surface area contributed by atoms with Gasteiger partial charge in [0.15, 0.2) is 0 Å². The van der Waals surface area contributed by atoms with Crippen molar-refractivity contribution in [3.63, 3.8) is 0 Å². The molecule has 4 nitrogen and oxygen atoms in total. The van der Waals surface area contributed by atoms with Crippen molar-refractivity contribution in [3.05, 3.63) is 35.4 Å². The van der Waals surface area contributed by atoms with Crippen LogP contribution >= 0.6 is 0 Å². The van der Waals surface area contributed by atoms with Crippen LogP contribution in [0.3, 0.4) is 0 Å². The molecule has 0 aromatic heterocycles. The molecule has 1 amide bonds. The van der Waals surface area contributed by atoms with Crippen molar-refractivity contribution < 1.29 is 14.7 Å². The predicted octanol–water partition coefficient (Wildman–Crippen LogP) is 2.04. The second kappa shape index (κ2) is 4.33. The summed E-state index contributed by atoms with van der Waals surface area (Å²) in [7, 11) is 0. The number of benzene rings is 1. The fraction of sp³-hybridized carbons (Fsp3) is 0.529. The number of amides is 1. The number of carbonyl (C=O) groups excluding carboxylic acids is 1. The highest BCUT2D eigenvalue weighted by atomic mass is 16.4. The Morgan fingerprint density at radius 2 is 2.10 bits per heavy atom. The minimum absolute atomic E-state index is 0.0501. The van der Waals surface area contributed by atoms with E-state index in [-0.39, 0.29) is 17.7 Å². The molecule has 2 fully saturated rings. The number of carbonyl (C=O) groups is 2. The van der Waals surface area contributed by atoms with Crippen LogP contribution < -0.4 is 0 Å². The van der Waals surface area contributed by atoms with Crippen molar-refractivity contribution in [2.45, 2.75) is 31.6 Å². The molecule has 1 saturated heterocycles. The smallest absolute Gasteiger partial charge is 0.311 e. The van der Waals surface area contributed by atoms with E-state index in [2.05, 4.69) is 6.07 Å². The Labute approximate surface area is 123 Å². The molecule has 3 atom stereocenters. The maximum atomic E-state index is 12.7. The molecule has 4 heteroatoms. The first kappa shape index (κ1) is 12.9. The first-order valence-electron chi connectivity index (χ1n) is 7.72. The van der Waals surface area contributed by atoms with Crippen LogP contribution in [-0.4, -0.2) is 35.0 Å². The molecule has 1 aliphatic heterocycles. The van der Waals surface area contributed by atoms with E-state index in [0.29, 0.717) is 13.1 Å². The Morgan fingerprint density at radius 3 is 2.81 bits per heavy atom. The molecule has 4 rings (SSSR count). The van der Waals surface area contributed by atoms with Crippen molar-refractivity contribution in [2.75, 3.05) is 13.1 Å². The molecule has 1 aromatic rings. The molecule has 2 aliphatic carbocycles. The topological polar surface area (TPSA) is 57.6 Å². The Bertz CT molecular complexity index is 626. The first-order chi connectivity index (χ1) is 10.1. The maximum Gasteiger partial charge on any atom is 0.311 e. The van der Waals surface area contributed by atoms with Crippen LogP contribution in [0.2, 0.25) is 0 Å². The lowest BCUT2D eigenvalue weighted by Gasteiger charge is -2.33. The van der Waals surface area contributed by atoms with Crippen LogP contribution in [-0.2, 0) is 16.0 Å². The van der Waals surface area contributed by atoms with E-state index in [1.807, 2.05) is 23.1 Å². The Morgan fingerprint density at radius 1 is 1.29 bits per heavy atom. The summed E-state index contributed by atoms with van der Waals surface area (Å²) in [5.41, 5.74) is 1.71. The first-order valence-corrected chi connectivity index (χ1v) is 7.72. The second-order valence-corrected chi connectivity index (χ2v) is 6.72. The molecule has 1 heterocycles. The third-order valence-electron chi connectivity index (χ3n) is 5.76. The summed E-state index contributed by atoms with van der Waals surface area (Å²) in [5.74, 6) is -0.488. The molecule has 21 heavy (non-hydrogen) atoms. The van der Waals surface area contributed by atoms with E-state index in [9.17, 15) is 14.7 Å². The van der Waals surface area contributed by atoms with Crippen LogP contribution in [0.5, 0.6) is 0 Å². The number of hydrogen-bond donors (Lipinski definition) is 1. The number of rotatable bonds is 2. The van der Waals surface area contributed by atoms with Crippen molar-refractivity contribution in [2.24, 2.45) is 11.3 Å². The third-order valence-corrected chi connectivity index (χ3v) is 5.76. The van der Waals surface area contributed by atoms with Crippen LogP contribution in [0, 0.1) is 11.3 Å². The molecule has 3 aliphatic rings. The van der Waals surface area contributed by atoms with Gasteiger partial charge in [0, 0.05) is 13.1 Å². The van der Waals surface area contributed by atoms with Crippen molar-refractivity contribution in [1.82, 2.24) is 4.90 Å². The molecule has 1 saturated carbocycles. The summed E-state index contributed by atoms with van der Waals surface area (Å²) < 4.78 is 0. The molecule has 110 valence electrons. The Balaban J connectivity index is 1.55. The molecule has 1 aromatic carbocycles. The minimum atomic E-state index is -0.714. The summed E-state index contributed by atoms with van der Waals surface area (Å²) in [6, 6.07) is 8.05. The van der Waals surface area contributed by atoms with Gasteiger partial charge in [-0.1, -0.05) is 30.7 Å². The quantitative estimate of drug-likeness (QED) is 0.904. The number of carboxylic acids is 1. The van der Waals surface area contributed by atoms with Crippen LogP contribution in [0.1, 0.15) is 36.3 Å². The van der Waals surface area contributed by atoms with Gasteiger partial charge in [0.1, 0.15) is 0 Å². The van der Waals surface area contributed by atoms with Crippen LogP contribution in [0.15, 0.2) is 24.3 Å². The average Bonchev–Trinajstić information content (AvgIpc) is 2.97. The van der Waals surface area contributed by atoms with Gasteiger partial charge in [-0.2, -0.15) is 0 Å². The van der Waals surface area contributed by atoms with Gasteiger partial charge in [0.25, 0.3) is 0 Å². The Kier molecular flexibility index (Phi) is 2.65. The lowest BCUT2D eigenvalue weighted by Crippen LogP contribution is -2.41. The van der Waals surface area contributed by atoms with Crippen LogP contribution in [0.25, 0.3) is 0 Å². The molecular weight excluding hydrogens is 266 g/mol. The number of carboxylic acid groups (broad SMARTS) is 1. The van der Waals surface area contributed by atoms with E-state index in [1.165, 1.54) is 5.56 Å². The van der Waals surface area contributed by atoms with Crippen molar-refractivity contribution in [3.8, 4) is 0 Å². The monoisotopic (exact) mass is 285 g/mol. The highest BCUT2D eigenvalue weighted by Crippen LogP contribution is 2.50. The fourth-order valence-electron chi connectivity index (χ4n) is 4.51. The number of likely N-dealkylation sites (tertiary alicyclic amines) is 1. The van der Waals surface area contributed by atoms with Crippen molar-refractivity contribution in [1.29, 1.82) is 0 Å². The zero-order valence-electron chi connectivity index (χ0n) is 11.9. The van der Waals surface area contributed by atoms with E-state index in [1.54, 1.807) is 0 Å². The van der Waals surface area contributed by atoms with E-state index in [0.717, 1.165) is 31.2 Å². The summed E-state index contributed by atoms with van der Waals surface area (Å²) in [6.45, 7) is 1.04. The zero-order valence-corrected chi connectivity index (χ0v) is 11.9. The maximum absolute atomic E-state index is 12.7. The Hall–Kier alpha value is -1.84. The minimum Gasteiger partial charge on any atom is -0.481 e. The van der Waals surface area contributed by atoms with Gasteiger partial charge in [-0.25, -0.2) is 0 Å².